The fraction of sp³-hybridized carbons (Fsp3) is 0.913. The van der Waals surface area contributed by atoms with Gasteiger partial charge in [0, 0.05) is 12.8 Å². The lowest BCUT2D eigenvalue weighted by Crippen LogP contribution is -2.58. The van der Waals surface area contributed by atoms with E-state index in [4.69, 9.17) is 9.47 Å². The molecule has 2 N–H and O–H groups in total. The first kappa shape index (κ1) is 18.6. The maximum Gasteiger partial charge on any atom is 0.172 e. The number of allylic oxidation sites excluding steroid dienone is 1. The van der Waals surface area contributed by atoms with Crippen LogP contribution >= 0.6 is 0 Å². The standard InChI is InChI=1S/C23H36O4/c1-14(24)17-6-7-18-16-5-4-15-12-23(26-10-11-27-23)9-8-21(15,2)20(16)19(25)13-22(17,18)3/h4,14,16-20,24-25H,5-13H2,1-3H3/t14?,16-,17+,18-,19-,20+,21-,22+/m0/s1. The third-order valence-electron chi connectivity index (χ3n) is 9.51. The van der Waals surface area contributed by atoms with Crippen LogP contribution in [0, 0.1) is 34.5 Å². The molecule has 0 amide bonds. The van der Waals surface area contributed by atoms with Gasteiger partial charge in [-0.25, -0.2) is 0 Å². The average Bonchev–Trinajstić information content (AvgIpc) is 3.19. The summed E-state index contributed by atoms with van der Waals surface area (Å²) in [4.78, 5) is 0. The van der Waals surface area contributed by atoms with E-state index < -0.39 is 5.79 Å². The molecule has 27 heavy (non-hydrogen) atoms. The van der Waals surface area contributed by atoms with E-state index in [1.165, 1.54) is 12.0 Å². The van der Waals surface area contributed by atoms with Gasteiger partial charge in [0.1, 0.15) is 0 Å². The number of hydrogen-bond acceptors (Lipinski definition) is 4. The maximum absolute atomic E-state index is 11.4. The Morgan fingerprint density at radius 1 is 1.15 bits per heavy atom. The molecule has 4 heteroatoms. The van der Waals surface area contributed by atoms with Gasteiger partial charge >= 0.3 is 0 Å². The first-order valence-electron chi connectivity index (χ1n) is 11.1. The molecule has 4 aliphatic carbocycles. The van der Waals surface area contributed by atoms with Crippen molar-refractivity contribution < 1.29 is 19.7 Å². The molecule has 5 aliphatic rings. The molecule has 4 nitrogen and oxygen atoms in total. The highest BCUT2D eigenvalue weighted by atomic mass is 16.7. The summed E-state index contributed by atoms with van der Waals surface area (Å²) >= 11 is 0. The van der Waals surface area contributed by atoms with Crippen molar-refractivity contribution in [1.29, 1.82) is 0 Å². The number of aliphatic hydroxyl groups is 2. The normalized spacial score (nSPS) is 52.0. The summed E-state index contributed by atoms with van der Waals surface area (Å²) in [6.07, 6.45) is 8.99. The van der Waals surface area contributed by atoms with Crippen LogP contribution in [-0.2, 0) is 9.47 Å². The van der Waals surface area contributed by atoms with Gasteiger partial charge in [-0.05, 0) is 73.5 Å². The number of hydrogen-bond donors (Lipinski definition) is 2. The fourth-order valence-corrected chi connectivity index (χ4v) is 8.31. The van der Waals surface area contributed by atoms with Gasteiger partial charge in [-0.15, -0.1) is 0 Å². The molecule has 152 valence electrons. The van der Waals surface area contributed by atoms with Crippen LogP contribution in [0.4, 0.5) is 0 Å². The monoisotopic (exact) mass is 376 g/mol. The molecule has 1 aliphatic heterocycles. The highest BCUT2D eigenvalue weighted by molar-refractivity contribution is 5.27. The minimum atomic E-state index is -0.392. The van der Waals surface area contributed by atoms with E-state index >= 15 is 0 Å². The van der Waals surface area contributed by atoms with E-state index in [0.717, 1.165) is 38.5 Å². The van der Waals surface area contributed by atoms with Gasteiger partial charge in [0.05, 0.1) is 25.4 Å². The van der Waals surface area contributed by atoms with Crippen LogP contribution in [0.15, 0.2) is 11.6 Å². The second-order valence-corrected chi connectivity index (χ2v) is 10.7. The average molecular weight is 377 g/mol. The van der Waals surface area contributed by atoms with Crippen LogP contribution in [0.1, 0.15) is 65.7 Å². The zero-order chi connectivity index (χ0) is 19.0. The molecule has 0 aromatic rings. The van der Waals surface area contributed by atoms with Gasteiger partial charge in [0.25, 0.3) is 0 Å². The van der Waals surface area contributed by atoms with Gasteiger partial charge in [-0.3, -0.25) is 0 Å². The van der Waals surface area contributed by atoms with Crippen molar-refractivity contribution in [2.24, 2.45) is 34.5 Å². The van der Waals surface area contributed by atoms with E-state index in [-0.39, 0.29) is 23.0 Å². The lowest BCUT2D eigenvalue weighted by Gasteiger charge is -2.60. The van der Waals surface area contributed by atoms with E-state index in [1.807, 2.05) is 6.92 Å². The zero-order valence-corrected chi connectivity index (χ0v) is 17.1. The predicted molar refractivity (Wildman–Crippen MR) is 103 cm³/mol. The molecule has 8 atom stereocenters. The van der Waals surface area contributed by atoms with Gasteiger partial charge in [0.2, 0.25) is 0 Å². The van der Waals surface area contributed by atoms with Crippen molar-refractivity contribution in [3.05, 3.63) is 11.6 Å². The molecule has 1 spiro atoms. The smallest absolute Gasteiger partial charge is 0.172 e. The molecular formula is C23H36O4. The predicted octanol–water partition coefficient (Wildman–Crippen LogP) is 3.66. The van der Waals surface area contributed by atoms with Crippen LogP contribution in [0.2, 0.25) is 0 Å². The van der Waals surface area contributed by atoms with Crippen molar-refractivity contribution in [2.75, 3.05) is 13.2 Å². The Labute approximate surface area is 163 Å². The molecule has 0 radical (unpaired) electrons. The molecular weight excluding hydrogens is 340 g/mol. The molecule has 5 rings (SSSR count). The summed E-state index contributed by atoms with van der Waals surface area (Å²) in [5.74, 6) is 1.43. The highest BCUT2D eigenvalue weighted by Crippen LogP contribution is 2.67. The second kappa shape index (κ2) is 6.04. The lowest BCUT2D eigenvalue weighted by molar-refractivity contribution is -0.194. The maximum atomic E-state index is 11.4. The Balaban J connectivity index is 1.48. The molecule has 3 saturated carbocycles. The Kier molecular flexibility index (Phi) is 4.16. The third-order valence-corrected chi connectivity index (χ3v) is 9.51. The Hall–Kier alpha value is -0.420. The Morgan fingerprint density at radius 3 is 2.59 bits per heavy atom. The molecule has 4 fully saturated rings. The summed E-state index contributed by atoms with van der Waals surface area (Å²) < 4.78 is 12.0. The lowest BCUT2D eigenvalue weighted by atomic mass is 9.46. The van der Waals surface area contributed by atoms with Gasteiger partial charge in [-0.1, -0.05) is 25.5 Å². The van der Waals surface area contributed by atoms with E-state index in [9.17, 15) is 10.2 Å². The molecule has 1 unspecified atom stereocenters. The molecule has 0 aromatic heterocycles. The topological polar surface area (TPSA) is 58.9 Å². The second-order valence-electron chi connectivity index (χ2n) is 10.7. The van der Waals surface area contributed by atoms with Crippen LogP contribution < -0.4 is 0 Å². The molecule has 1 heterocycles. The highest BCUT2D eigenvalue weighted by Gasteiger charge is 2.63. The van der Waals surface area contributed by atoms with Crippen molar-refractivity contribution >= 4 is 0 Å². The summed E-state index contributed by atoms with van der Waals surface area (Å²) in [6.45, 7) is 8.10. The molecule has 1 saturated heterocycles. The minimum Gasteiger partial charge on any atom is -0.393 e. The van der Waals surface area contributed by atoms with Crippen LogP contribution in [0.3, 0.4) is 0 Å². The number of aliphatic hydroxyl groups excluding tert-OH is 2. The Bertz CT molecular complexity index is 636. The summed E-state index contributed by atoms with van der Waals surface area (Å²) in [7, 11) is 0. The zero-order valence-electron chi connectivity index (χ0n) is 17.1. The van der Waals surface area contributed by atoms with Gasteiger partial charge in [-0.2, -0.15) is 0 Å². The number of ether oxygens (including phenoxy) is 2. The summed E-state index contributed by atoms with van der Waals surface area (Å²) in [5.41, 5.74) is 1.60. The van der Waals surface area contributed by atoms with Crippen LogP contribution in [0.5, 0.6) is 0 Å². The van der Waals surface area contributed by atoms with E-state index in [2.05, 4.69) is 19.9 Å². The largest absolute Gasteiger partial charge is 0.393 e. The third kappa shape index (κ3) is 2.49. The number of rotatable bonds is 1. The van der Waals surface area contributed by atoms with Crippen molar-refractivity contribution in [3.8, 4) is 0 Å². The molecule has 0 bridgehead atoms. The minimum absolute atomic E-state index is 0.0626. The quantitative estimate of drug-likeness (QED) is 0.686. The van der Waals surface area contributed by atoms with Crippen molar-refractivity contribution in [2.45, 2.75) is 83.7 Å². The fourth-order valence-electron chi connectivity index (χ4n) is 8.31. The van der Waals surface area contributed by atoms with E-state index in [1.54, 1.807) is 0 Å². The number of fused-ring (bicyclic) bond motifs is 5. The SMILES string of the molecule is CC(O)[C@H]1CC[C@H]2[C@@H]3CC=C4CC5(CC[C@]4(C)[C@H]3[C@@H](O)C[C@]12C)OCCO5. The Morgan fingerprint density at radius 2 is 1.89 bits per heavy atom. The van der Waals surface area contributed by atoms with E-state index in [0.29, 0.717) is 36.9 Å². The first-order valence-corrected chi connectivity index (χ1v) is 11.1. The summed E-state index contributed by atoms with van der Waals surface area (Å²) in [5, 5.41) is 21.8. The van der Waals surface area contributed by atoms with Crippen molar-refractivity contribution in [1.82, 2.24) is 0 Å². The van der Waals surface area contributed by atoms with Crippen LogP contribution in [0.25, 0.3) is 0 Å². The molecule has 0 aromatic carbocycles. The van der Waals surface area contributed by atoms with Crippen molar-refractivity contribution in [3.63, 3.8) is 0 Å². The van der Waals surface area contributed by atoms with Gasteiger partial charge in [0.15, 0.2) is 5.79 Å². The van der Waals surface area contributed by atoms with Gasteiger partial charge < -0.3 is 19.7 Å². The van der Waals surface area contributed by atoms with Crippen LogP contribution in [-0.4, -0.2) is 41.4 Å². The first-order chi connectivity index (χ1) is 12.8. The summed E-state index contributed by atoms with van der Waals surface area (Å²) in [6, 6.07) is 0.